The lowest BCUT2D eigenvalue weighted by atomic mass is 10.2. The van der Waals surface area contributed by atoms with Gasteiger partial charge in [-0.25, -0.2) is 4.79 Å². The normalized spacial score (nSPS) is 10.3. The van der Waals surface area contributed by atoms with Gasteiger partial charge < -0.3 is 9.15 Å². The van der Waals surface area contributed by atoms with Gasteiger partial charge in [0.25, 0.3) is 0 Å². The van der Waals surface area contributed by atoms with Gasteiger partial charge in [0, 0.05) is 13.2 Å². The lowest BCUT2D eigenvalue weighted by Crippen LogP contribution is -2.04. The summed E-state index contributed by atoms with van der Waals surface area (Å²) in [7, 11) is 3.06. The molecule has 5 heteroatoms. The molecule has 2 aromatic heterocycles. The molecule has 0 spiro atoms. The SMILES string of the molecule is COC(=O)c1nn(C)cc1-c1ccco1. The molecule has 0 aromatic carbocycles. The molecule has 78 valence electrons. The Hall–Kier alpha value is -2.04. The molecule has 2 aromatic rings. The third-order valence-electron chi connectivity index (χ3n) is 1.99. The Morgan fingerprint density at radius 2 is 2.40 bits per heavy atom. The molecule has 0 aliphatic heterocycles. The number of hydrogen-bond donors (Lipinski definition) is 0. The maximum absolute atomic E-state index is 11.4. The van der Waals surface area contributed by atoms with Crippen LogP contribution in [0.5, 0.6) is 0 Å². The van der Waals surface area contributed by atoms with Gasteiger partial charge in [0.2, 0.25) is 0 Å². The van der Waals surface area contributed by atoms with Crippen LogP contribution in [0.1, 0.15) is 10.5 Å². The molecule has 0 aliphatic rings. The molecule has 0 fully saturated rings. The van der Waals surface area contributed by atoms with Crippen LogP contribution in [0.25, 0.3) is 11.3 Å². The quantitative estimate of drug-likeness (QED) is 0.698. The Labute approximate surface area is 86.3 Å². The number of furan rings is 1. The van der Waals surface area contributed by atoms with Crippen molar-refractivity contribution >= 4 is 5.97 Å². The first-order valence-corrected chi connectivity index (χ1v) is 4.38. The van der Waals surface area contributed by atoms with Crippen LogP contribution in [0.15, 0.2) is 29.0 Å². The molecule has 15 heavy (non-hydrogen) atoms. The minimum Gasteiger partial charge on any atom is -0.464 e. The summed E-state index contributed by atoms with van der Waals surface area (Å²) in [5.41, 5.74) is 0.893. The number of rotatable bonds is 2. The Balaban J connectivity index is 2.52. The number of hydrogen-bond acceptors (Lipinski definition) is 4. The monoisotopic (exact) mass is 206 g/mol. The summed E-state index contributed by atoms with van der Waals surface area (Å²) < 4.78 is 11.4. The topological polar surface area (TPSA) is 57.3 Å². The second kappa shape index (κ2) is 3.61. The predicted molar refractivity (Wildman–Crippen MR) is 52.2 cm³/mol. The Morgan fingerprint density at radius 1 is 1.60 bits per heavy atom. The molecule has 0 aliphatic carbocycles. The minimum atomic E-state index is -0.470. The smallest absolute Gasteiger partial charge is 0.359 e. The lowest BCUT2D eigenvalue weighted by molar-refractivity contribution is 0.0594. The van der Waals surface area contributed by atoms with E-state index in [0.29, 0.717) is 11.3 Å². The van der Waals surface area contributed by atoms with E-state index in [4.69, 9.17) is 4.42 Å². The van der Waals surface area contributed by atoms with Crippen LogP contribution >= 0.6 is 0 Å². The first kappa shape index (κ1) is 9.51. The molecule has 0 bridgehead atoms. The van der Waals surface area contributed by atoms with E-state index >= 15 is 0 Å². The van der Waals surface area contributed by atoms with Crippen molar-refractivity contribution in [2.45, 2.75) is 0 Å². The number of aryl methyl sites for hydroxylation is 1. The van der Waals surface area contributed by atoms with Crippen molar-refractivity contribution < 1.29 is 13.9 Å². The largest absolute Gasteiger partial charge is 0.464 e. The van der Waals surface area contributed by atoms with E-state index in [1.807, 2.05) is 0 Å². The van der Waals surface area contributed by atoms with Crippen LogP contribution in [-0.4, -0.2) is 22.9 Å². The van der Waals surface area contributed by atoms with Gasteiger partial charge in [0.05, 0.1) is 18.9 Å². The van der Waals surface area contributed by atoms with Gasteiger partial charge in [-0.3, -0.25) is 4.68 Å². The van der Waals surface area contributed by atoms with E-state index in [1.54, 1.807) is 36.3 Å². The molecule has 0 radical (unpaired) electrons. The number of carbonyl (C=O) groups is 1. The number of nitrogens with zero attached hydrogens (tertiary/aromatic N) is 2. The van der Waals surface area contributed by atoms with Crippen molar-refractivity contribution in [2.75, 3.05) is 7.11 Å². The van der Waals surface area contributed by atoms with Crippen molar-refractivity contribution in [3.63, 3.8) is 0 Å². The third-order valence-corrected chi connectivity index (χ3v) is 1.99. The average Bonchev–Trinajstić information content (AvgIpc) is 2.84. The summed E-state index contributed by atoms with van der Waals surface area (Å²) in [6.45, 7) is 0. The van der Waals surface area contributed by atoms with Crippen molar-refractivity contribution in [2.24, 2.45) is 7.05 Å². The summed E-state index contributed by atoms with van der Waals surface area (Å²) in [4.78, 5) is 11.4. The number of methoxy groups -OCH3 is 1. The summed E-state index contributed by atoms with van der Waals surface area (Å²) >= 11 is 0. The average molecular weight is 206 g/mol. The van der Waals surface area contributed by atoms with Crippen molar-refractivity contribution in [3.05, 3.63) is 30.3 Å². The zero-order valence-electron chi connectivity index (χ0n) is 8.43. The van der Waals surface area contributed by atoms with Crippen LogP contribution in [0, 0.1) is 0 Å². The Kier molecular flexibility index (Phi) is 2.29. The number of esters is 1. The predicted octanol–water partition coefficient (Wildman–Crippen LogP) is 1.47. The fraction of sp³-hybridized carbons (Fsp3) is 0.200. The molecule has 0 unspecified atom stereocenters. The zero-order chi connectivity index (χ0) is 10.8. The Bertz CT molecular complexity index is 471. The molecule has 0 atom stereocenters. The fourth-order valence-corrected chi connectivity index (χ4v) is 1.35. The molecule has 0 saturated carbocycles. The van der Waals surface area contributed by atoms with E-state index < -0.39 is 5.97 Å². The second-order valence-electron chi connectivity index (χ2n) is 3.03. The molecule has 2 rings (SSSR count). The van der Waals surface area contributed by atoms with E-state index in [2.05, 4.69) is 9.84 Å². The first-order chi connectivity index (χ1) is 7.22. The maximum Gasteiger partial charge on any atom is 0.359 e. The summed E-state index contributed by atoms with van der Waals surface area (Å²) in [6.07, 6.45) is 3.26. The van der Waals surface area contributed by atoms with Crippen molar-refractivity contribution in [3.8, 4) is 11.3 Å². The molecule has 0 N–H and O–H groups in total. The maximum atomic E-state index is 11.4. The molecule has 0 amide bonds. The van der Waals surface area contributed by atoms with Crippen LogP contribution in [-0.2, 0) is 11.8 Å². The molecule has 2 heterocycles. The van der Waals surface area contributed by atoms with Crippen LogP contribution in [0.3, 0.4) is 0 Å². The summed E-state index contributed by atoms with van der Waals surface area (Å²) in [6, 6.07) is 3.52. The third kappa shape index (κ3) is 1.63. The molecule has 5 nitrogen and oxygen atoms in total. The molecular formula is C10H10N2O3. The highest BCUT2D eigenvalue weighted by Crippen LogP contribution is 2.23. The van der Waals surface area contributed by atoms with Gasteiger partial charge in [0.15, 0.2) is 5.69 Å². The van der Waals surface area contributed by atoms with Crippen LogP contribution in [0.2, 0.25) is 0 Å². The van der Waals surface area contributed by atoms with Crippen LogP contribution < -0.4 is 0 Å². The standard InChI is InChI=1S/C10H10N2O3/c1-12-6-7(8-4-3-5-15-8)9(11-12)10(13)14-2/h3-6H,1-2H3. The number of ether oxygens (including phenoxy) is 1. The lowest BCUT2D eigenvalue weighted by Gasteiger charge is -1.96. The minimum absolute atomic E-state index is 0.259. The fourth-order valence-electron chi connectivity index (χ4n) is 1.35. The highest BCUT2D eigenvalue weighted by molar-refractivity contribution is 5.94. The van der Waals surface area contributed by atoms with E-state index in [-0.39, 0.29) is 5.69 Å². The van der Waals surface area contributed by atoms with Gasteiger partial charge in [-0.2, -0.15) is 5.10 Å². The van der Waals surface area contributed by atoms with Crippen molar-refractivity contribution in [1.82, 2.24) is 9.78 Å². The highest BCUT2D eigenvalue weighted by Gasteiger charge is 2.19. The summed E-state index contributed by atoms with van der Waals surface area (Å²) in [5, 5.41) is 4.02. The van der Waals surface area contributed by atoms with E-state index in [0.717, 1.165) is 0 Å². The van der Waals surface area contributed by atoms with Gasteiger partial charge in [-0.1, -0.05) is 0 Å². The van der Waals surface area contributed by atoms with Gasteiger partial charge in [0.1, 0.15) is 5.76 Å². The Morgan fingerprint density at radius 3 is 3.00 bits per heavy atom. The van der Waals surface area contributed by atoms with Gasteiger partial charge in [-0.05, 0) is 12.1 Å². The molecule has 0 saturated heterocycles. The van der Waals surface area contributed by atoms with E-state index in [1.165, 1.54) is 7.11 Å². The number of carbonyl (C=O) groups excluding carboxylic acids is 1. The van der Waals surface area contributed by atoms with Crippen LogP contribution in [0.4, 0.5) is 0 Å². The van der Waals surface area contributed by atoms with Gasteiger partial charge in [-0.15, -0.1) is 0 Å². The highest BCUT2D eigenvalue weighted by atomic mass is 16.5. The van der Waals surface area contributed by atoms with Crippen molar-refractivity contribution in [1.29, 1.82) is 0 Å². The second-order valence-corrected chi connectivity index (χ2v) is 3.03. The summed E-state index contributed by atoms with van der Waals surface area (Å²) in [5.74, 6) is 0.130. The first-order valence-electron chi connectivity index (χ1n) is 4.38. The van der Waals surface area contributed by atoms with E-state index in [9.17, 15) is 4.79 Å². The van der Waals surface area contributed by atoms with Gasteiger partial charge >= 0.3 is 5.97 Å². The number of aromatic nitrogens is 2. The molecular weight excluding hydrogens is 196 g/mol. The zero-order valence-corrected chi connectivity index (χ0v) is 8.43.